The maximum Gasteiger partial charge on any atom is 0.0931 e. The molecule has 6 heteroatoms. The highest BCUT2D eigenvalue weighted by molar-refractivity contribution is 9.10. The van der Waals surface area contributed by atoms with Crippen molar-refractivity contribution < 1.29 is 0 Å². The fourth-order valence-electron chi connectivity index (χ4n) is 1.31. The third-order valence-corrected chi connectivity index (χ3v) is 5.05. The van der Waals surface area contributed by atoms with E-state index in [1.807, 2.05) is 17.5 Å². The Morgan fingerprint density at radius 3 is 2.67 bits per heavy atom. The fourth-order valence-corrected chi connectivity index (χ4v) is 4.00. The normalized spacial score (nSPS) is 13.0. The summed E-state index contributed by atoms with van der Waals surface area (Å²) in [7, 11) is 0. The highest BCUT2D eigenvalue weighted by Gasteiger charge is 2.17. The topological polar surface area (TPSA) is 38.0 Å². The third-order valence-electron chi connectivity index (χ3n) is 2.00. The van der Waals surface area contributed by atoms with Crippen molar-refractivity contribution >= 4 is 50.2 Å². The lowest BCUT2D eigenvalue weighted by atomic mass is 10.1. The number of rotatable bonds is 3. The Kier molecular flexibility index (Phi) is 3.82. The van der Waals surface area contributed by atoms with Crippen LogP contribution in [0.25, 0.3) is 0 Å². The summed E-state index contributed by atoms with van der Waals surface area (Å²) in [6.45, 7) is 0. The minimum absolute atomic E-state index is 0.00289. The van der Waals surface area contributed by atoms with Gasteiger partial charge in [-0.2, -0.15) is 11.3 Å². The van der Waals surface area contributed by atoms with Crippen molar-refractivity contribution in [3.05, 3.63) is 42.1 Å². The minimum atomic E-state index is 0.00289. The lowest BCUT2D eigenvalue weighted by Gasteiger charge is -2.13. The van der Waals surface area contributed by atoms with Crippen LogP contribution in [0.2, 0.25) is 4.34 Å². The van der Waals surface area contributed by atoms with Gasteiger partial charge in [-0.15, -0.1) is 11.3 Å². The smallest absolute Gasteiger partial charge is 0.0931 e. The molecule has 2 aromatic rings. The molecule has 0 aliphatic heterocycles. The number of thiophene rings is 2. The number of hydrogen-bond donors (Lipinski definition) is 2. The monoisotopic (exact) mass is 322 g/mol. The number of nitrogens with one attached hydrogen (secondary N) is 1. The predicted molar refractivity (Wildman–Crippen MR) is 70.5 cm³/mol. The molecule has 80 valence electrons. The van der Waals surface area contributed by atoms with E-state index in [4.69, 9.17) is 17.4 Å². The van der Waals surface area contributed by atoms with E-state index in [0.717, 1.165) is 19.2 Å². The first-order valence-corrected chi connectivity index (χ1v) is 7.08. The summed E-state index contributed by atoms with van der Waals surface area (Å²) in [6.07, 6.45) is 0. The quantitative estimate of drug-likeness (QED) is 0.666. The Balaban J connectivity index is 2.36. The van der Waals surface area contributed by atoms with Crippen LogP contribution in [-0.4, -0.2) is 0 Å². The van der Waals surface area contributed by atoms with E-state index in [1.165, 1.54) is 11.3 Å². The molecule has 1 atom stereocenters. The van der Waals surface area contributed by atoms with E-state index < -0.39 is 0 Å². The first-order chi connectivity index (χ1) is 7.22. The van der Waals surface area contributed by atoms with Crippen molar-refractivity contribution in [2.75, 3.05) is 0 Å². The number of hydrazine groups is 1. The summed E-state index contributed by atoms with van der Waals surface area (Å²) in [5.74, 6) is 5.57. The highest BCUT2D eigenvalue weighted by atomic mass is 79.9. The van der Waals surface area contributed by atoms with E-state index >= 15 is 0 Å². The predicted octanol–water partition coefficient (Wildman–Crippen LogP) is 3.78. The van der Waals surface area contributed by atoms with E-state index in [1.54, 1.807) is 11.3 Å². The molecule has 0 spiro atoms. The van der Waals surface area contributed by atoms with E-state index in [2.05, 4.69) is 26.7 Å². The van der Waals surface area contributed by atoms with Gasteiger partial charge in [0.2, 0.25) is 0 Å². The van der Waals surface area contributed by atoms with Gasteiger partial charge < -0.3 is 0 Å². The zero-order valence-corrected chi connectivity index (χ0v) is 11.5. The first-order valence-electron chi connectivity index (χ1n) is 4.15. The van der Waals surface area contributed by atoms with Crippen molar-refractivity contribution in [3.8, 4) is 0 Å². The van der Waals surface area contributed by atoms with Crippen LogP contribution in [0.3, 0.4) is 0 Å². The van der Waals surface area contributed by atoms with Gasteiger partial charge >= 0.3 is 0 Å². The molecule has 2 heterocycles. The number of halogens is 2. The van der Waals surface area contributed by atoms with Crippen molar-refractivity contribution in [1.29, 1.82) is 0 Å². The lowest BCUT2D eigenvalue weighted by Crippen LogP contribution is -2.28. The van der Waals surface area contributed by atoms with E-state index in [-0.39, 0.29) is 6.04 Å². The van der Waals surface area contributed by atoms with Gasteiger partial charge in [-0.05, 0) is 33.4 Å². The fraction of sp³-hybridized carbons (Fsp3) is 0.111. The van der Waals surface area contributed by atoms with Crippen LogP contribution in [0, 0.1) is 0 Å². The molecule has 1 unspecified atom stereocenters. The summed E-state index contributed by atoms with van der Waals surface area (Å²) in [5.41, 5.74) is 3.94. The van der Waals surface area contributed by atoms with Gasteiger partial charge in [-0.25, -0.2) is 5.43 Å². The Labute approximate surface area is 109 Å². The van der Waals surface area contributed by atoms with Crippen LogP contribution in [0.4, 0.5) is 0 Å². The first kappa shape index (κ1) is 11.6. The van der Waals surface area contributed by atoms with E-state index in [0.29, 0.717) is 0 Å². The molecule has 0 amide bonds. The Morgan fingerprint density at radius 2 is 2.20 bits per heavy atom. The molecule has 0 aliphatic rings. The average Bonchev–Trinajstić information content (AvgIpc) is 2.79. The molecule has 0 saturated heterocycles. The zero-order chi connectivity index (χ0) is 10.8. The van der Waals surface area contributed by atoms with Crippen LogP contribution in [0.1, 0.15) is 16.5 Å². The van der Waals surface area contributed by atoms with Gasteiger partial charge in [-0.3, -0.25) is 5.84 Å². The van der Waals surface area contributed by atoms with Gasteiger partial charge in [0.15, 0.2) is 0 Å². The molecular formula is C9H8BrClN2S2. The van der Waals surface area contributed by atoms with Gasteiger partial charge in [0.25, 0.3) is 0 Å². The summed E-state index contributed by atoms with van der Waals surface area (Å²) in [5, 5.41) is 4.11. The molecule has 3 N–H and O–H groups in total. The maximum atomic E-state index is 5.90. The second-order valence-corrected chi connectivity index (χ2v) is 6.26. The lowest BCUT2D eigenvalue weighted by molar-refractivity contribution is 0.646. The highest BCUT2D eigenvalue weighted by Crippen LogP contribution is 2.35. The Hall–Kier alpha value is 0.0900. The minimum Gasteiger partial charge on any atom is -0.271 e. The second-order valence-electron chi connectivity index (χ2n) is 2.92. The molecule has 2 rings (SSSR count). The van der Waals surface area contributed by atoms with Gasteiger partial charge in [-0.1, -0.05) is 11.6 Å². The number of nitrogens with two attached hydrogens (primary N) is 1. The molecule has 0 radical (unpaired) electrons. The summed E-state index contributed by atoms with van der Waals surface area (Å²) in [4.78, 5) is 1.11. The Morgan fingerprint density at radius 1 is 1.40 bits per heavy atom. The van der Waals surface area contributed by atoms with Crippen molar-refractivity contribution in [2.24, 2.45) is 5.84 Å². The average molecular weight is 324 g/mol. The van der Waals surface area contributed by atoms with Crippen molar-refractivity contribution in [3.63, 3.8) is 0 Å². The third kappa shape index (κ3) is 2.43. The largest absolute Gasteiger partial charge is 0.271 e. The Bertz CT molecular complexity index is 454. The van der Waals surface area contributed by atoms with Crippen molar-refractivity contribution in [1.82, 2.24) is 5.43 Å². The van der Waals surface area contributed by atoms with Gasteiger partial charge in [0.05, 0.1) is 10.4 Å². The molecular weight excluding hydrogens is 316 g/mol. The van der Waals surface area contributed by atoms with Crippen molar-refractivity contribution in [2.45, 2.75) is 6.04 Å². The molecule has 0 aliphatic carbocycles. The van der Waals surface area contributed by atoms with Gasteiger partial charge in [0.1, 0.15) is 0 Å². The maximum absolute atomic E-state index is 5.90. The standard InChI is InChI=1S/C9H8BrClN2S2/c10-6-4-14-3-5(6)9(13-12)7-1-2-8(11)15-7/h1-4,9,13H,12H2. The summed E-state index contributed by atoms with van der Waals surface area (Å²) < 4.78 is 1.84. The van der Waals surface area contributed by atoms with E-state index in [9.17, 15) is 0 Å². The van der Waals surface area contributed by atoms with Crippen LogP contribution in [-0.2, 0) is 0 Å². The molecule has 0 aromatic carbocycles. The van der Waals surface area contributed by atoms with Crippen LogP contribution < -0.4 is 11.3 Å². The van der Waals surface area contributed by atoms with Crippen LogP contribution in [0.5, 0.6) is 0 Å². The second kappa shape index (κ2) is 4.95. The molecule has 2 aromatic heterocycles. The van der Waals surface area contributed by atoms with Gasteiger partial charge in [0, 0.05) is 20.3 Å². The molecule has 2 nitrogen and oxygen atoms in total. The van der Waals surface area contributed by atoms with Crippen LogP contribution >= 0.6 is 50.2 Å². The van der Waals surface area contributed by atoms with Crippen LogP contribution in [0.15, 0.2) is 27.4 Å². The SMILES string of the molecule is NNC(c1ccc(Cl)s1)c1cscc1Br. The molecule has 15 heavy (non-hydrogen) atoms. The molecule has 0 saturated carbocycles. The zero-order valence-electron chi connectivity index (χ0n) is 7.54. The molecule has 0 fully saturated rings. The molecule has 0 bridgehead atoms. The number of hydrogen-bond acceptors (Lipinski definition) is 4. The summed E-state index contributed by atoms with van der Waals surface area (Å²) >= 11 is 12.6. The summed E-state index contributed by atoms with van der Waals surface area (Å²) in [6, 6.07) is 3.87.